The standard InChI is InChI=1S/C10H9ClFNO4/c11-6-2-1-5(3-7(6)12)9(15)13-8(4-14)10(16)17/h1-3,8,14H,4H2,(H,13,15)(H,16,17)/t8-/m0/s1. The van der Waals surface area contributed by atoms with Crippen LogP contribution < -0.4 is 5.32 Å². The van der Waals surface area contributed by atoms with Gasteiger partial charge in [-0.05, 0) is 18.2 Å². The van der Waals surface area contributed by atoms with Gasteiger partial charge in [0.25, 0.3) is 5.91 Å². The number of rotatable bonds is 4. The van der Waals surface area contributed by atoms with Crippen LogP contribution in [-0.2, 0) is 4.79 Å². The van der Waals surface area contributed by atoms with E-state index in [1.165, 1.54) is 12.1 Å². The van der Waals surface area contributed by atoms with Crippen LogP contribution in [0.1, 0.15) is 10.4 Å². The Bertz CT molecular complexity index is 452. The number of aliphatic hydroxyl groups excluding tert-OH is 1. The summed E-state index contributed by atoms with van der Waals surface area (Å²) in [5.41, 5.74) is -0.0772. The number of carboxylic acids is 1. The van der Waals surface area contributed by atoms with Gasteiger partial charge in [0.15, 0.2) is 6.04 Å². The quantitative estimate of drug-likeness (QED) is 0.743. The Morgan fingerprint density at radius 3 is 2.59 bits per heavy atom. The minimum Gasteiger partial charge on any atom is -0.480 e. The van der Waals surface area contributed by atoms with Crippen LogP contribution in [0, 0.1) is 5.82 Å². The van der Waals surface area contributed by atoms with E-state index in [2.05, 4.69) is 0 Å². The Labute approximate surface area is 101 Å². The van der Waals surface area contributed by atoms with Gasteiger partial charge in [-0.3, -0.25) is 4.79 Å². The van der Waals surface area contributed by atoms with Crippen molar-refractivity contribution >= 4 is 23.5 Å². The second-order valence-corrected chi connectivity index (χ2v) is 3.58. The lowest BCUT2D eigenvalue weighted by Gasteiger charge is -2.11. The molecule has 0 saturated carbocycles. The molecule has 0 saturated heterocycles. The number of benzene rings is 1. The fraction of sp³-hybridized carbons (Fsp3) is 0.200. The summed E-state index contributed by atoms with van der Waals surface area (Å²) in [4.78, 5) is 22.0. The first-order valence-corrected chi connectivity index (χ1v) is 4.93. The van der Waals surface area contributed by atoms with Crippen LogP contribution in [0.2, 0.25) is 5.02 Å². The average molecular weight is 262 g/mol. The number of hydrogen-bond acceptors (Lipinski definition) is 3. The predicted molar refractivity (Wildman–Crippen MR) is 57.4 cm³/mol. The van der Waals surface area contributed by atoms with Crippen molar-refractivity contribution in [1.29, 1.82) is 0 Å². The Morgan fingerprint density at radius 2 is 2.12 bits per heavy atom. The lowest BCUT2D eigenvalue weighted by atomic mass is 10.2. The first-order chi connectivity index (χ1) is 7.95. The highest BCUT2D eigenvalue weighted by atomic mass is 35.5. The largest absolute Gasteiger partial charge is 0.480 e. The van der Waals surface area contributed by atoms with E-state index in [4.69, 9.17) is 21.8 Å². The number of carbonyl (C=O) groups excluding carboxylic acids is 1. The van der Waals surface area contributed by atoms with Crippen LogP contribution in [0.3, 0.4) is 0 Å². The van der Waals surface area contributed by atoms with Crippen LogP contribution >= 0.6 is 11.6 Å². The number of amides is 1. The van der Waals surface area contributed by atoms with E-state index in [1.54, 1.807) is 0 Å². The summed E-state index contributed by atoms with van der Waals surface area (Å²) in [7, 11) is 0. The van der Waals surface area contributed by atoms with Gasteiger partial charge in [0, 0.05) is 5.56 Å². The van der Waals surface area contributed by atoms with E-state index in [1.807, 2.05) is 5.32 Å². The number of hydrogen-bond donors (Lipinski definition) is 3. The Balaban J connectivity index is 2.82. The second kappa shape index (κ2) is 5.60. The van der Waals surface area contributed by atoms with E-state index in [0.29, 0.717) is 0 Å². The molecule has 1 atom stereocenters. The first-order valence-electron chi connectivity index (χ1n) is 4.55. The molecule has 5 nitrogen and oxygen atoms in total. The van der Waals surface area contributed by atoms with Gasteiger partial charge >= 0.3 is 5.97 Å². The minimum atomic E-state index is -1.43. The van der Waals surface area contributed by atoms with Gasteiger partial charge in [0.2, 0.25) is 0 Å². The van der Waals surface area contributed by atoms with Crippen molar-refractivity contribution in [3.05, 3.63) is 34.6 Å². The summed E-state index contributed by atoms with van der Waals surface area (Å²) < 4.78 is 13.0. The van der Waals surface area contributed by atoms with Gasteiger partial charge in [-0.25, -0.2) is 9.18 Å². The molecule has 92 valence electrons. The fourth-order valence-corrected chi connectivity index (χ4v) is 1.18. The molecule has 0 radical (unpaired) electrons. The molecular formula is C10H9ClFNO4. The van der Waals surface area contributed by atoms with E-state index in [-0.39, 0.29) is 10.6 Å². The summed E-state index contributed by atoms with van der Waals surface area (Å²) in [6.07, 6.45) is 0. The molecule has 3 N–H and O–H groups in total. The van der Waals surface area contributed by atoms with E-state index in [0.717, 1.165) is 6.07 Å². The number of aliphatic hydroxyl groups is 1. The zero-order chi connectivity index (χ0) is 13.0. The Hall–Kier alpha value is -1.66. The van der Waals surface area contributed by atoms with E-state index >= 15 is 0 Å². The topological polar surface area (TPSA) is 86.6 Å². The Kier molecular flexibility index (Phi) is 4.42. The molecule has 0 aliphatic carbocycles. The molecule has 1 rings (SSSR count). The fourth-order valence-electron chi connectivity index (χ4n) is 1.06. The van der Waals surface area contributed by atoms with Gasteiger partial charge in [-0.2, -0.15) is 0 Å². The molecule has 0 spiro atoms. The molecule has 1 amide bonds. The van der Waals surface area contributed by atoms with Gasteiger partial charge in [0.1, 0.15) is 5.82 Å². The van der Waals surface area contributed by atoms with Crippen molar-refractivity contribution in [3.8, 4) is 0 Å². The summed E-state index contributed by atoms with van der Waals surface area (Å²) in [5.74, 6) is -2.97. The Morgan fingerprint density at radius 1 is 1.47 bits per heavy atom. The number of carboxylic acid groups (broad SMARTS) is 1. The third-order valence-corrected chi connectivity index (χ3v) is 2.27. The highest BCUT2D eigenvalue weighted by molar-refractivity contribution is 6.30. The molecule has 0 aliphatic rings. The summed E-state index contributed by atoms with van der Waals surface area (Å²) >= 11 is 5.43. The molecule has 0 fully saturated rings. The number of aliphatic carboxylic acids is 1. The average Bonchev–Trinajstić information content (AvgIpc) is 2.28. The molecule has 0 aliphatic heterocycles. The summed E-state index contributed by atoms with van der Waals surface area (Å²) in [6, 6.07) is 1.88. The van der Waals surface area contributed by atoms with E-state index in [9.17, 15) is 14.0 Å². The maximum Gasteiger partial charge on any atom is 0.328 e. The van der Waals surface area contributed by atoms with Gasteiger partial charge < -0.3 is 15.5 Å². The maximum atomic E-state index is 13.0. The van der Waals surface area contributed by atoms with Crippen molar-refractivity contribution in [3.63, 3.8) is 0 Å². The SMILES string of the molecule is O=C(N[C@@H](CO)C(=O)O)c1ccc(Cl)c(F)c1. The highest BCUT2D eigenvalue weighted by Gasteiger charge is 2.19. The monoisotopic (exact) mass is 261 g/mol. The zero-order valence-corrected chi connectivity index (χ0v) is 9.24. The molecule has 0 aromatic heterocycles. The van der Waals surface area contributed by atoms with Crippen LogP contribution in [-0.4, -0.2) is 34.7 Å². The third kappa shape index (κ3) is 3.40. The predicted octanol–water partition coefficient (Wildman–Crippen LogP) is 0.654. The number of nitrogens with one attached hydrogen (secondary N) is 1. The molecule has 0 unspecified atom stereocenters. The molecule has 1 aromatic rings. The van der Waals surface area contributed by atoms with Crippen LogP contribution in [0.25, 0.3) is 0 Å². The van der Waals surface area contributed by atoms with Crippen molar-refractivity contribution in [2.75, 3.05) is 6.61 Å². The van der Waals surface area contributed by atoms with Gasteiger partial charge in [-0.1, -0.05) is 11.6 Å². The molecule has 0 bridgehead atoms. The zero-order valence-electron chi connectivity index (χ0n) is 8.48. The molecule has 0 heterocycles. The molecule has 7 heteroatoms. The van der Waals surface area contributed by atoms with Crippen molar-refractivity contribution in [2.24, 2.45) is 0 Å². The van der Waals surface area contributed by atoms with Crippen LogP contribution in [0.15, 0.2) is 18.2 Å². The lowest BCUT2D eigenvalue weighted by molar-refractivity contribution is -0.140. The van der Waals surface area contributed by atoms with Crippen molar-refractivity contribution < 1.29 is 24.2 Å². The summed E-state index contributed by atoms with van der Waals surface area (Å²) in [6.45, 7) is -0.753. The smallest absolute Gasteiger partial charge is 0.328 e. The molecule has 17 heavy (non-hydrogen) atoms. The van der Waals surface area contributed by atoms with Crippen molar-refractivity contribution in [1.82, 2.24) is 5.32 Å². The number of halogens is 2. The minimum absolute atomic E-state index is 0.0772. The summed E-state index contributed by atoms with van der Waals surface area (Å²) in [5, 5.41) is 19.2. The second-order valence-electron chi connectivity index (χ2n) is 3.18. The molecule has 1 aromatic carbocycles. The lowest BCUT2D eigenvalue weighted by Crippen LogP contribution is -2.43. The highest BCUT2D eigenvalue weighted by Crippen LogP contribution is 2.15. The number of carbonyl (C=O) groups is 2. The van der Waals surface area contributed by atoms with E-state index < -0.39 is 30.3 Å². The van der Waals surface area contributed by atoms with Crippen molar-refractivity contribution in [2.45, 2.75) is 6.04 Å². The normalized spacial score (nSPS) is 11.9. The maximum absolute atomic E-state index is 13.0. The van der Waals surface area contributed by atoms with Crippen LogP contribution in [0.4, 0.5) is 4.39 Å². The third-order valence-electron chi connectivity index (χ3n) is 1.97. The van der Waals surface area contributed by atoms with Gasteiger partial charge in [-0.15, -0.1) is 0 Å². The first kappa shape index (κ1) is 13.4. The van der Waals surface area contributed by atoms with Crippen LogP contribution in [0.5, 0.6) is 0 Å². The van der Waals surface area contributed by atoms with Gasteiger partial charge in [0.05, 0.1) is 11.6 Å². The molecular weight excluding hydrogens is 253 g/mol.